The number of imidazole rings is 1. The first kappa shape index (κ1) is 24.1. The molecule has 1 saturated heterocycles. The molecule has 2 aromatic heterocycles. The maximum atomic E-state index is 14.2. The van der Waals surface area contributed by atoms with Gasteiger partial charge in [0.05, 0.1) is 34.3 Å². The second-order valence-electron chi connectivity index (χ2n) is 9.85. The zero-order valence-corrected chi connectivity index (χ0v) is 20.7. The van der Waals surface area contributed by atoms with Gasteiger partial charge in [-0.3, -0.25) is 4.90 Å². The van der Waals surface area contributed by atoms with Gasteiger partial charge in [0.1, 0.15) is 18.2 Å². The van der Waals surface area contributed by atoms with Crippen molar-refractivity contribution in [3.8, 4) is 11.9 Å². The molecule has 0 aliphatic carbocycles. The molecule has 0 saturated carbocycles. The minimum Gasteiger partial charge on any atom is -0.478 e. The Morgan fingerprint density at radius 2 is 1.92 bits per heavy atom. The molecule has 0 radical (unpaired) electrons. The van der Waals surface area contributed by atoms with Gasteiger partial charge in [0.15, 0.2) is 0 Å². The standard InChI is InChI=1S/C29H26FN5O3/c30-22-14-18(16-31)4-5-21(22)17-38-27-3-1-2-23(32-27)19-8-11-34(12-9-19)25-10-13-35-26-15-20(29(36)37)6-7-24(26)33-28(25)35/h1-7,14-15,19,25H,8-13,17H2,(H,36,37)/t25-/m0/s1. The van der Waals surface area contributed by atoms with E-state index < -0.39 is 11.8 Å². The van der Waals surface area contributed by atoms with E-state index in [0.717, 1.165) is 61.4 Å². The first-order chi connectivity index (χ1) is 18.5. The first-order valence-corrected chi connectivity index (χ1v) is 12.8. The summed E-state index contributed by atoms with van der Waals surface area (Å²) in [5.41, 5.74) is 3.64. The summed E-state index contributed by atoms with van der Waals surface area (Å²) >= 11 is 0. The summed E-state index contributed by atoms with van der Waals surface area (Å²) < 4.78 is 22.1. The second-order valence-corrected chi connectivity index (χ2v) is 9.85. The summed E-state index contributed by atoms with van der Waals surface area (Å²) in [6.45, 7) is 2.72. The van der Waals surface area contributed by atoms with Crippen LogP contribution < -0.4 is 4.74 Å². The van der Waals surface area contributed by atoms with Crippen molar-refractivity contribution in [2.75, 3.05) is 13.1 Å². The Labute approximate surface area is 218 Å². The van der Waals surface area contributed by atoms with E-state index in [0.29, 0.717) is 17.4 Å². The number of aromatic nitrogens is 3. The van der Waals surface area contributed by atoms with Gasteiger partial charge >= 0.3 is 5.97 Å². The summed E-state index contributed by atoms with van der Waals surface area (Å²) in [6.07, 6.45) is 2.88. The van der Waals surface area contributed by atoms with Crippen LogP contribution in [0.1, 0.15) is 64.2 Å². The molecule has 6 rings (SSSR count). The number of hydrogen-bond donors (Lipinski definition) is 1. The lowest BCUT2D eigenvalue weighted by molar-refractivity contribution is 0.0697. The Morgan fingerprint density at radius 3 is 2.68 bits per heavy atom. The fourth-order valence-electron chi connectivity index (χ4n) is 5.62. The third kappa shape index (κ3) is 4.48. The van der Waals surface area contributed by atoms with E-state index in [1.54, 1.807) is 36.4 Å². The minimum absolute atomic E-state index is 0.0447. The fourth-order valence-corrected chi connectivity index (χ4v) is 5.62. The van der Waals surface area contributed by atoms with E-state index in [-0.39, 0.29) is 23.8 Å². The van der Waals surface area contributed by atoms with Crippen molar-refractivity contribution in [3.05, 3.63) is 88.6 Å². The number of ether oxygens (including phenoxy) is 1. The normalized spacial score (nSPS) is 17.8. The van der Waals surface area contributed by atoms with Gasteiger partial charge in [0, 0.05) is 29.8 Å². The van der Waals surface area contributed by atoms with Crippen molar-refractivity contribution < 1.29 is 19.0 Å². The van der Waals surface area contributed by atoms with Crippen LogP contribution in [0.4, 0.5) is 4.39 Å². The molecular weight excluding hydrogens is 485 g/mol. The Morgan fingerprint density at radius 1 is 1.08 bits per heavy atom. The third-order valence-electron chi connectivity index (χ3n) is 7.64. The molecule has 4 heterocycles. The topological polar surface area (TPSA) is 104 Å². The van der Waals surface area contributed by atoms with Crippen molar-refractivity contribution in [2.45, 2.75) is 44.4 Å². The summed E-state index contributed by atoms with van der Waals surface area (Å²) in [7, 11) is 0. The number of rotatable bonds is 6. The van der Waals surface area contributed by atoms with Crippen LogP contribution in [0.3, 0.4) is 0 Å². The van der Waals surface area contributed by atoms with Crippen molar-refractivity contribution >= 4 is 17.0 Å². The van der Waals surface area contributed by atoms with Crippen molar-refractivity contribution in [1.82, 2.24) is 19.4 Å². The lowest BCUT2D eigenvalue weighted by Crippen LogP contribution is -2.35. The van der Waals surface area contributed by atoms with E-state index in [2.05, 4.69) is 9.47 Å². The van der Waals surface area contributed by atoms with Crippen LogP contribution in [-0.4, -0.2) is 43.6 Å². The van der Waals surface area contributed by atoms with Gasteiger partial charge in [-0.1, -0.05) is 12.1 Å². The number of halogens is 1. The summed E-state index contributed by atoms with van der Waals surface area (Å²) in [4.78, 5) is 23.4. The number of nitriles is 1. The van der Waals surface area contributed by atoms with Crippen LogP contribution >= 0.6 is 0 Å². The summed E-state index contributed by atoms with van der Waals surface area (Å²) in [5.74, 6) is 0.391. The smallest absolute Gasteiger partial charge is 0.335 e. The molecule has 8 nitrogen and oxygen atoms in total. The molecule has 192 valence electrons. The third-order valence-corrected chi connectivity index (χ3v) is 7.64. The predicted octanol–water partition coefficient (Wildman–Crippen LogP) is 5.04. The highest BCUT2D eigenvalue weighted by molar-refractivity contribution is 5.92. The largest absolute Gasteiger partial charge is 0.478 e. The van der Waals surface area contributed by atoms with Gasteiger partial charge in [-0.2, -0.15) is 5.26 Å². The number of likely N-dealkylation sites (tertiary alicyclic amines) is 1. The van der Waals surface area contributed by atoms with Crippen LogP contribution in [0.5, 0.6) is 5.88 Å². The van der Waals surface area contributed by atoms with Gasteiger partial charge in [-0.25, -0.2) is 19.2 Å². The molecule has 0 bridgehead atoms. The van der Waals surface area contributed by atoms with Crippen molar-refractivity contribution in [2.24, 2.45) is 0 Å². The zero-order valence-electron chi connectivity index (χ0n) is 20.7. The van der Waals surface area contributed by atoms with Gasteiger partial charge in [0.2, 0.25) is 5.88 Å². The number of aryl methyl sites for hydroxylation is 1. The maximum Gasteiger partial charge on any atom is 0.335 e. The van der Waals surface area contributed by atoms with Crippen molar-refractivity contribution in [1.29, 1.82) is 5.26 Å². The number of carboxylic acids is 1. The van der Waals surface area contributed by atoms with Gasteiger partial charge in [0.25, 0.3) is 0 Å². The van der Waals surface area contributed by atoms with Crippen molar-refractivity contribution in [3.63, 3.8) is 0 Å². The highest BCUT2D eigenvalue weighted by atomic mass is 19.1. The Bertz CT molecular complexity index is 1570. The fraction of sp³-hybridized carbons (Fsp3) is 0.310. The second kappa shape index (κ2) is 9.88. The molecule has 38 heavy (non-hydrogen) atoms. The molecule has 4 aromatic rings. The Balaban J connectivity index is 1.10. The van der Waals surface area contributed by atoms with Crippen LogP contribution in [0.2, 0.25) is 0 Å². The van der Waals surface area contributed by atoms with E-state index in [4.69, 9.17) is 20.0 Å². The van der Waals surface area contributed by atoms with E-state index in [1.165, 1.54) is 6.07 Å². The lowest BCUT2D eigenvalue weighted by Gasteiger charge is -2.35. The minimum atomic E-state index is -0.927. The van der Waals surface area contributed by atoms with Gasteiger partial charge in [-0.15, -0.1) is 0 Å². The van der Waals surface area contributed by atoms with Crippen LogP contribution in [-0.2, 0) is 13.2 Å². The molecular formula is C29H26FN5O3. The monoisotopic (exact) mass is 511 g/mol. The lowest BCUT2D eigenvalue weighted by atomic mass is 9.92. The van der Waals surface area contributed by atoms with E-state index >= 15 is 0 Å². The summed E-state index contributed by atoms with van der Waals surface area (Å²) in [5, 5.41) is 18.3. The molecule has 2 aliphatic heterocycles. The molecule has 2 aliphatic rings. The molecule has 0 spiro atoms. The number of nitrogens with zero attached hydrogens (tertiary/aromatic N) is 5. The number of pyridine rings is 1. The van der Waals surface area contributed by atoms with Gasteiger partial charge < -0.3 is 14.4 Å². The van der Waals surface area contributed by atoms with Crippen LogP contribution in [0.25, 0.3) is 11.0 Å². The predicted molar refractivity (Wildman–Crippen MR) is 137 cm³/mol. The average molecular weight is 512 g/mol. The molecule has 1 N–H and O–H groups in total. The molecule has 1 fully saturated rings. The summed E-state index contributed by atoms with van der Waals surface area (Å²) in [6, 6.07) is 17.3. The van der Waals surface area contributed by atoms with E-state index in [9.17, 15) is 14.3 Å². The maximum absolute atomic E-state index is 14.2. The average Bonchev–Trinajstić information content (AvgIpc) is 3.51. The highest BCUT2D eigenvalue weighted by Gasteiger charge is 2.34. The molecule has 1 atom stereocenters. The number of hydrogen-bond acceptors (Lipinski definition) is 6. The number of carboxylic acid groups (broad SMARTS) is 1. The quantitative estimate of drug-likeness (QED) is 0.387. The SMILES string of the molecule is N#Cc1ccc(COc2cccc(C3CCN([C@H]4CCn5c4nc4ccc(C(=O)O)cc45)CC3)n2)c(F)c1. The van der Waals surface area contributed by atoms with Crippen LogP contribution in [0, 0.1) is 17.1 Å². The van der Waals surface area contributed by atoms with E-state index in [1.807, 2.05) is 18.2 Å². The number of aromatic carboxylic acids is 1. The molecule has 2 aromatic carbocycles. The number of fused-ring (bicyclic) bond motifs is 3. The zero-order chi connectivity index (χ0) is 26.2. The number of piperidine rings is 1. The first-order valence-electron chi connectivity index (χ1n) is 12.8. The number of benzene rings is 2. The molecule has 0 unspecified atom stereocenters. The molecule has 0 amide bonds. The molecule has 9 heteroatoms. The van der Waals surface area contributed by atoms with Crippen LogP contribution in [0.15, 0.2) is 54.6 Å². The van der Waals surface area contributed by atoms with Gasteiger partial charge in [-0.05, 0) is 68.8 Å². The highest BCUT2D eigenvalue weighted by Crippen LogP contribution is 2.38. The Hall–Kier alpha value is -4.29. The number of carbonyl (C=O) groups is 1. The Kier molecular flexibility index (Phi) is 6.26.